The number of ether oxygens (including phenoxy) is 1. The number of esters is 1. The van der Waals surface area contributed by atoms with Crippen molar-refractivity contribution in [1.29, 1.82) is 0 Å². The Morgan fingerprint density at radius 2 is 1.84 bits per heavy atom. The van der Waals surface area contributed by atoms with Crippen molar-refractivity contribution < 1.29 is 31.3 Å². The van der Waals surface area contributed by atoms with Crippen LogP contribution in [0.1, 0.15) is 25.7 Å². The number of rotatable bonds is 4. The van der Waals surface area contributed by atoms with Crippen molar-refractivity contribution in [2.75, 3.05) is 6.61 Å². The normalized spacial score (nSPS) is 40.1. The Morgan fingerprint density at radius 3 is 2.21 bits per heavy atom. The van der Waals surface area contributed by atoms with Gasteiger partial charge in [0.1, 0.15) is 0 Å². The molecule has 108 valence electrons. The quantitative estimate of drug-likeness (QED) is 0.627. The Morgan fingerprint density at radius 1 is 1.32 bits per heavy atom. The van der Waals surface area contributed by atoms with Crippen molar-refractivity contribution in [3.8, 4) is 0 Å². The Kier molecular flexibility index (Phi) is 2.55. The summed E-state index contributed by atoms with van der Waals surface area (Å²) in [6.07, 6.45) is 3.84. The van der Waals surface area contributed by atoms with Crippen LogP contribution >= 0.6 is 0 Å². The van der Waals surface area contributed by atoms with Gasteiger partial charge in [-0.05, 0) is 43.4 Å². The second-order valence-electron chi connectivity index (χ2n) is 6.03. The summed E-state index contributed by atoms with van der Waals surface area (Å²) in [5, 5.41) is -4.89. The first-order valence-electron chi connectivity index (χ1n) is 6.18. The third kappa shape index (κ3) is 1.72. The molecule has 4 aliphatic rings. The summed E-state index contributed by atoms with van der Waals surface area (Å²) in [6, 6.07) is 0. The van der Waals surface area contributed by atoms with Crippen molar-refractivity contribution in [2.45, 2.75) is 30.9 Å². The Hall–Kier alpha value is -0.760. The molecule has 0 radical (unpaired) electrons. The molecular weight excluding hydrogens is 282 g/mol. The van der Waals surface area contributed by atoms with Crippen LogP contribution in [0.2, 0.25) is 0 Å². The van der Waals surface area contributed by atoms with Crippen LogP contribution < -0.4 is 0 Å². The van der Waals surface area contributed by atoms with Crippen molar-refractivity contribution >= 4 is 16.1 Å². The third-order valence-corrected chi connectivity index (χ3v) is 5.91. The Balaban J connectivity index is 1.67. The van der Waals surface area contributed by atoms with Crippen molar-refractivity contribution in [3.63, 3.8) is 0 Å². The minimum Gasteiger partial charge on any atom is -0.460 e. The maximum absolute atomic E-state index is 13.0. The Bertz CT molecular complexity index is 515. The standard InChI is InChI=1S/C11H14F2O5S/c12-11(13,19(15,16)17)9(14)18-5-10-3-6-1-8(10)2-7(6)4-10/h6-8H,1-5H2,(H,15,16,17). The van der Waals surface area contributed by atoms with Gasteiger partial charge in [-0.3, -0.25) is 4.55 Å². The molecule has 5 nitrogen and oxygen atoms in total. The zero-order valence-corrected chi connectivity index (χ0v) is 10.8. The maximum Gasteiger partial charge on any atom is 0.465 e. The fourth-order valence-electron chi connectivity index (χ4n) is 4.31. The van der Waals surface area contributed by atoms with Gasteiger partial charge in [0.2, 0.25) is 0 Å². The van der Waals surface area contributed by atoms with Crippen LogP contribution in [0.3, 0.4) is 0 Å². The van der Waals surface area contributed by atoms with E-state index in [1.54, 1.807) is 0 Å². The highest BCUT2D eigenvalue weighted by molar-refractivity contribution is 7.87. The third-order valence-electron chi connectivity index (χ3n) is 5.10. The molecule has 0 aliphatic heterocycles. The average molecular weight is 296 g/mol. The molecular formula is C11H14F2O5S. The van der Waals surface area contributed by atoms with Gasteiger partial charge in [0.15, 0.2) is 0 Å². The van der Waals surface area contributed by atoms with Gasteiger partial charge in [0, 0.05) is 5.41 Å². The Labute approximate surface area is 109 Å². The number of halogens is 2. The van der Waals surface area contributed by atoms with Gasteiger partial charge < -0.3 is 4.74 Å². The molecule has 0 amide bonds. The number of carbonyl (C=O) groups is 1. The lowest BCUT2D eigenvalue weighted by molar-refractivity contribution is -0.165. The van der Waals surface area contributed by atoms with Gasteiger partial charge in [0.25, 0.3) is 0 Å². The van der Waals surface area contributed by atoms with Gasteiger partial charge in [0.05, 0.1) is 6.61 Å². The molecule has 1 N–H and O–H groups in total. The molecule has 4 bridgehead atoms. The van der Waals surface area contributed by atoms with Crippen LogP contribution in [0, 0.1) is 23.2 Å². The lowest BCUT2D eigenvalue weighted by Gasteiger charge is -2.28. The fraction of sp³-hybridized carbons (Fsp3) is 0.909. The van der Waals surface area contributed by atoms with E-state index in [1.165, 1.54) is 0 Å². The second kappa shape index (κ2) is 3.66. The number of hydrogen-bond acceptors (Lipinski definition) is 4. The lowest BCUT2D eigenvalue weighted by Crippen LogP contribution is -2.41. The zero-order valence-electron chi connectivity index (χ0n) is 10.0. The largest absolute Gasteiger partial charge is 0.465 e. The zero-order chi connectivity index (χ0) is 14.1. The van der Waals surface area contributed by atoms with Gasteiger partial charge in [-0.15, -0.1) is 0 Å². The SMILES string of the molecule is O=C(OCC12CC3CC1CC3C2)C(F)(F)S(=O)(=O)O. The van der Waals surface area contributed by atoms with Crippen LogP contribution in [0.4, 0.5) is 8.78 Å². The topological polar surface area (TPSA) is 80.7 Å². The lowest BCUT2D eigenvalue weighted by atomic mass is 9.82. The minimum absolute atomic E-state index is 0.172. The van der Waals surface area contributed by atoms with Gasteiger partial charge in [-0.1, -0.05) is 0 Å². The summed E-state index contributed by atoms with van der Waals surface area (Å²) in [7, 11) is -5.77. The smallest absolute Gasteiger partial charge is 0.460 e. The summed E-state index contributed by atoms with van der Waals surface area (Å²) in [6.45, 7) is -0.172. The van der Waals surface area contributed by atoms with E-state index >= 15 is 0 Å². The van der Waals surface area contributed by atoms with E-state index in [9.17, 15) is 22.0 Å². The highest BCUT2D eigenvalue weighted by atomic mass is 32.2. The van der Waals surface area contributed by atoms with Crippen LogP contribution in [-0.2, 0) is 19.6 Å². The van der Waals surface area contributed by atoms with E-state index in [1.807, 2.05) is 0 Å². The molecule has 8 heteroatoms. The van der Waals surface area contributed by atoms with Crippen LogP contribution in [0.5, 0.6) is 0 Å². The molecule has 19 heavy (non-hydrogen) atoms. The van der Waals surface area contributed by atoms with Gasteiger partial charge in [-0.25, -0.2) is 4.79 Å². The van der Waals surface area contributed by atoms with E-state index in [0.717, 1.165) is 25.7 Å². The first kappa shape index (κ1) is 13.2. The van der Waals surface area contributed by atoms with Crippen LogP contribution in [-0.4, -0.2) is 30.8 Å². The average Bonchev–Trinajstić information content (AvgIpc) is 2.96. The fourth-order valence-corrected chi connectivity index (χ4v) is 4.58. The van der Waals surface area contributed by atoms with E-state index in [2.05, 4.69) is 4.74 Å². The highest BCUT2D eigenvalue weighted by Gasteiger charge is 2.64. The molecule has 4 fully saturated rings. The molecule has 0 saturated heterocycles. The predicted octanol–water partition coefficient (Wildman–Crippen LogP) is 1.45. The molecule has 2 unspecified atom stereocenters. The van der Waals surface area contributed by atoms with Crippen molar-refractivity contribution in [1.82, 2.24) is 0 Å². The molecule has 2 atom stereocenters. The molecule has 4 aliphatic carbocycles. The molecule has 0 heterocycles. The van der Waals surface area contributed by atoms with Crippen LogP contribution in [0.25, 0.3) is 0 Å². The molecule has 0 aromatic rings. The number of carbonyl (C=O) groups excluding carboxylic acids is 1. The number of hydrogen-bond donors (Lipinski definition) is 1. The minimum atomic E-state index is -5.77. The van der Waals surface area contributed by atoms with Crippen molar-refractivity contribution in [2.24, 2.45) is 23.2 Å². The molecule has 0 aromatic carbocycles. The molecule has 4 saturated carbocycles. The van der Waals surface area contributed by atoms with Crippen molar-refractivity contribution in [3.05, 3.63) is 0 Å². The van der Waals surface area contributed by atoms with Gasteiger partial charge >= 0.3 is 21.3 Å². The summed E-state index contributed by atoms with van der Waals surface area (Å²) >= 11 is 0. The van der Waals surface area contributed by atoms with Gasteiger partial charge in [-0.2, -0.15) is 17.2 Å². The van der Waals surface area contributed by atoms with E-state index in [-0.39, 0.29) is 12.0 Å². The van der Waals surface area contributed by atoms with Crippen LogP contribution in [0.15, 0.2) is 0 Å². The second-order valence-corrected chi connectivity index (χ2v) is 7.49. The molecule has 0 spiro atoms. The summed E-state index contributed by atoms with van der Waals surface area (Å²) in [4.78, 5) is 11.1. The highest BCUT2D eigenvalue weighted by Crippen LogP contribution is 2.70. The molecule has 0 aromatic heterocycles. The first-order chi connectivity index (χ1) is 8.66. The number of alkyl halides is 2. The summed E-state index contributed by atoms with van der Waals surface area (Å²) in [5.41, 5.74) is -0.236. The van der Waals surface area contributed by atoms with E-state index in [0.29, 0.717) is 17.8 Å². The predicted molar refractivity (Wildman–Crippen MR) is 58.8 cm³/mol. The maximum atomic E-state index is 13.0. The first-order valence-corrected chi connectivity index (χ1v) is 7.62. The van der Waals surface area contributed by atoms with E-state index < -0.39 is 21.3 Å². The molecule has 4 rings (SSSR count). The monoisotopic (exact) mass is 296 g/mol. The van der Waals surface area contributed by atoms with E-state index in [4.69, 9.17) is 4.55 Å². The summed E-state index contributed by atoms with van der Waals surface area (Å²) < 4.78 is 59.7. The summed E-state index contributed by atoms with van der Waals surface area (Å²) in [5.74, 6) is -0.580.